The van der Waals surface area contributed by atoms with Crippen molar-refractivity contribution in [1.82, 2.24) is 0 Å². The molecule has 0 spiro atoms. The summed E-state index contributed by atoms with van der Waals surface area (Å²) >= 11 is 0. The number of hydrogen-bond donors (Lipinski definition) is 1. The van der Waals surface area contributed by atoms with Crippen molar-refractivity contribution in [2.45, 2.75) is 77.0 Å². The average molecular weight is 362 g/mol. The van der Waals surface area contributed by atoms with Gasteiger partial charge in [-0.3, -0.25) is 4.79 Å². The van der Waals surface area contributed by atoms with Crippen LogP contribution in [0.5, 0.6) is 0 Å². The van der Waals surface area contributed by atoms with E-state index in [9.17, 15) is 4.79 Å². The molecule has 0 aromatic heterocycles. The molecule has 0 fully saturated rings. The third-order valence-corrected chi connectivity index (χ3v) is 4.00. The topological polar surface area (TPSA) is 52.3 Å². The number of allylic oxidation sites excluding steroid dienone is 8. The highest BCUT2D eigenvalue weighted by atomic mass is 16.5. The summed E-state index contributed by atoms with van der Waals surface area (Å²) in [7, 11) is 1.77. The van der Waals surface area contributed by atoms with Gasteiger partial charge < -0.3 is 10.5 Å². The smallest absolute Gasteiger partial charge is 0.217 e. The molecule has 0 heterocycles. The molecule has 3 heteroatoms. The summed E-state index contributed by atoms with van der Waals surface area (Å²) in [6.45, 7) is 0.899. The Balaban J connectivity index is 3.36. The molecule has 0 aliphatic heterocycles. The Labute approximate surface area is 161 Å². The quantitative estimate of drug-likeness (QED) is 0.239. The van der Waals surface area contributed by atoms with Gasteiger partial charge in [-0.2, -0.15) is 0 Å². The Bertz CT molecular complexity index is 422. The minimum atomic E-state index is -0.214. The summed E-state index contributed by atoms with van der Waals surface area (Å²) in [5, 5.41) is 0. The first-order chi connectivity index (χ1) is 12.8. The predicted molar refractivity (Wildman–Crippen MR) is 113 cm³/mol. The summed E-state index contributed by atoms with van der Waals surface area (Å²) < 4.78 is 5.05. The van der Waals surface area contributed by atoms with Crippen LogP contribution in [0.25, 0.3) is 0 Å². The van der Waals surface area contributed by atoms with Crippen molar-refractivity contribution in [3.8, 4) is 0 Å². The maximum atomic E-state index is 10.6. The lowest BCUT2D eigenvalue weighted by molar-refractivity contribution is -0.118. The van der Waals surface area contributed by atoms with E-state index in [1.54, 1.807) is 7.11 Å². The molecule has 0 aliphatic rings. The molecule has 26 heavy (non-hydrogen) atoms. The third-order valence-electron chi connectivity index (χ3n) is 4.00. The number of methoxy groups -OCH3 is 1. The maximum Gasteiger partial charge on any atom is 0.217 e. The second-order valence-corrected chi connectivity index (χ2v) is 6.50. The predicted octanol–water partition coefficient (Wildman–Crippen LogP) is 6.02. The molecular weight excluding hydrogens is 322 g/mol. The molecule has 0 rings (SSSR count). The van der Waals surface area contributed by atoms with E-state index in [0.717, 1.165) is 38.7 Å². The fraction of sp³-hybridized carbons (Fsp3) is 0.609. The van der Waals surface area contributed by atoms with E-state index in [1.165, 1.54) is 38.5 Å². The number of carbonyl (C=O) groups excluding carboxylic acids is 1. The van der Waals surface area contributed by atoms with E-state index < -0.39 is 0 Å². The molecular formula is C23H39NO2. The maximum absolute atomic E-state index is 10.6. The van der Waals surface area contributed by atoms with Gasteiger partial charge in [-0.15, -0.1) is 0 Å². The van der Waals surface area contributed by atoms with E-state index in [4.69, 9.17) is 10.5 Å². The van der Waals surface area contributed by atoms with Crippen LogP contribution in [0.2, 0.25) is 0 Å². The fourth-order valence-electron chi connectivity index (χ4n) is 2.48. The first-order valence-corrected chi connectivity index (χ1v) is 10.1. The van der Waals surface area contributed by atoms with Crippen molar-refractivity contribution < 1.29 is 9.53 Å². The van der Waals surface area contributed by atoms with Gasteiger partial charge in [0.05, 0.1) is 0 Å². The summed E-state index contributed by atoms with van der Waals surface area (Å²) in [5.41, 5.74) is 5.09. The van der Waals surface area contributed by atoms with Crippen LogP contribution >= 0.6 is 0 Å². The van der Waals surface area contributed by atoms with Crippen molar-refractivity contribution in [1.29, 1.82) is 0 Å². The summed E-state index contributed by atoms with van der Waals surface area (Å²) in [5.74, 6) is -0.214. The lowest BCUT2D eigenvalue weighted by atomic mass is 10.1. The zero-order valence-corrected chi connectivity index (χ0v) is 16.7. The summed E-state index contributed by atoms with van der Waals surface area (Å²) in [4.78, 5) is 10.6. The number of amides is 1. The molecule has 0 aromatic rings. The fourth-order valence-corrected chi connectivity index (χ4v) is 2.48. The second-order valence-electron chi connectivity index (χ2n) is 6.50. The molecule has 0 saturated carbocycles. The number of rotatable bonds is 18. The first kappa shape index (κ1) is 24.4. The van der Waals surface area contributed by atoms with Gasteiger partial charge in [-0.1, -0.05) is 67.9 Å². The van der Waals surface area contributed by atoms with Gasteiger partial charge in [-0.05, 0) is 51.4 Å². The molecule has 3 nitrogen and oxygen atoms in total. The van der Waals surface area contributed by atoms with Crippen LogP contribution in [0.15, 0.2) is 48.6 Å². The lowest BCUT2D eigenvalue weighted by Gasteiger charge is -1.99. The van der Waals surface area contributed by atoms with E-state index in [1.807, 2.05) is 0 Å². The van der Waals surface area contributed by atoms with Crippen LogP contribution in [-0.2, 0) is 9.53 Å². The normalized spacial score (nSPS) is 12.3. The number of ether oxygens (including phenoxy) is 1. The highest BCUT2D eigenvalue weighted by molar-refractivity contribution is 5.73. The zero-order chi connectivity index (χ0) is 19.1. The molecule has 148 valence electrons. The summed E-state index contributed by atoms with van der Waals surface area (Å²) in [6.07, 6.45) is 30.5. The van der Waals surface area contributed by atoms with Gasteiger partial charge in [0.25, 0.3) is 0 Å². The van der Waals surface area contributed by atoms with E-state index in [-0.39, 0.29) is 5.91 Å². The Hall–Kier alpha value is -1.61. The van der Waals surface area contributed by atoms with Gasteiger partial charge in [0.1, 0.15) is 0 Å². The highest BCUT2D eigenvalue weighted by Gasteiger charge is 1.90. The van der Waals surface area contributed by atoms with Crippen LogP contribution in [0, 0.1) is 0 Å². The average Bonchev–Trinajstić information content (AvgIpc) is 2.62. The standard InChI is InChI=1S/C23H39NO2/c1-26-22-20-18-16-14-12-10-8-6-4-2-3-5-7-9-11-13-15-17-19-21-23(24)25/h2-3,6-9,13,15H,4-5,10-12,14,16-22H2,1H3,(H2,24,25). The van der Waals surface area contributed by atoms with Crippen molar-refractivity contribution >= 4 is 5.91 Å². The van der Waals surface area contributed by atoms with Gasteiger partial charge in [0, 0.05) is 20.1 Å². The van der Waals surface area contributed by atoms with E-state index in [0.29, 0.717) is 6.42 Å². The molecule has 0 radical (unpaired) electrons. The lowest BCUT2D eigenvalue weighted by Crippen LogP contribution is -2.09. The van der Waals surface area contributed by atoms with Crippen molar-refractivity contribution in [3.05, 3.63) is 48.6 Å². The molecule has 2 N–H and O–H groups in total. The number of carbonyl (C=O) groups is 1. The number of unbranched alkanes of at least 4 members (excludes halogenated alkanes) is 6. The monoisotopic (exact) mass is 361 g/mol. The molecule has 0 atom stereocenters. The van der Waals surface area contributed by atoms with Crippen LogP contribution in [-0.4, -0.2) is 19.6 Å². The van der Waals surface area contributed by atoms with Crippen LogP contribution < -0.4 is 5.73 Å². The Morgan fingerprint density at radius 1 is 0.692 bits per heavy atom. The van der Waals surface area contributed by atoms with Crippen molar-refractivity contribution in [2.24, 2.45) is 5.73 Å². The van der Waals surface area contributed by atoms with E-state index >= 15 is 0 Å². The van der Waals surface area contributed by atoms with Gasteiger partial charge in [0.15, 0.2) is 0 Å². The molecule has 0 aromatic carbocycles. The largest absolute Gasteiger partial charge is 0.385 e. The number of hydrogen-bond acceptors (Lipinski definition) is 2. The Morgan fingerprint density at radius 3 is 1.69 bits per heavy atom. The third kappa shape index (κ3) is 22.4. The van der Waals surface area contributed by atoms with Crippen LogP contribution in [0.4, 0.5) is 0 Å². The Morgan fingerprint density at radius 2 is 1.15 bits per heavy atom. The minimum absolute atomic E-state index is 0.214. The van der Waals surface area contributed by atoms with Crippen LogP contribution in [0.1, 0.15) is 77.0 Å². The minimum Gasteiger partial charge on any atom is -0.385 e. The Kier molecular flexibility index (Phi) is 20.1. The van der Waals surface area contributed by atoms with Gasteiger partial charge >= 0.3 is 0 Å². The molecule has 0 unspecified atom stereocenters. The van der Waals surface area contributed by atoms with Gasteiger partial charge in [-0.25, -0.2) is 0 Å². The van der Waals surface area contributed by atoms with E-state index in [2.05, 4.69) is 48.6 Å². The molecule has 0 aliphatic carbocycles. The van der Waals surface area contributed by atoms with Crippen molar-refractivity contribution in [3.63, 3.8) is 0 Å². The SMILES string of the molecule is COCCCCCCCC=CCC=CCC=CCC=CCCCC(N)=O. The molecule has 0 bridgehead atoms. The molecule has 1 amide bonds. The van der Waals surface area contributed by atoms with Gasteiger partial charge in [0.2, 0.25) is 5.91 Å². The zero-order valence-electron chi connectivity index (χ0n) is 16.7. The molecule has 0 saturated heterocycles. The number of nitrogens with two attached hydrogens (primary N) is 1. The van der Waals surface area contributed by atoms with Crippen molar-refractivity contribution in [2.75, 3.05) is 13.7 Å². The highest BCUT2D eigenvalue weighted by Crippen LogP contribution is 2.06. The van der Waals surface area contributed by atoms with Crippen LogP contribution in [0.3, 0.4) is 0 Å². The number of primary amides is 1. The summed E-state index contributed by atoms with van der Waals surface area (Å²) in [6, 6.07) is 0. The second kappa shape index (κ2) is 21.4. The first-order valence-electron chi connectivity index (χ1n) is 10.1.